The Kier molecular flexibility index (Phi) is 6.53. The summed E-state index contributed by atoms with van der Waals surface area (Å²) < 4.78 is 30.2. The molecule has 0 bridgehead atoms. The molecule has 1 fully saturated rings. The van der Waals surface area contributed by atoms with Gasteiger partial charge in [-0.25, -0.2) is 8.42 Å². The third-order valence-corrected chi connectivity index (χ3v) is 7.66. The summed E-state index contributed by atoms with van der Waals surface area (Å²) in [6.07, 6.45) is 5.39. The second-order valence-electron chi connectivity index (χ2n) is 8.18. The summed E-state index contributed by atoms with van der Waals surface area (Å²) in [5.41, 5.74) is 3.42. The number of hydrogen-bond acceptors (Lipinski definition) is 3. The standard InChI is InChI=1S/C23H31N3O3S/c1-6-11-25(30(28,29)23-18(3)13-17(2)14-19(23)4)16-22(27)26(20-9-10-20)15-21-8-7-12-24(21)5/h6-8,12-14,20H,1,9-11,15-16H2,2-5H3. The zero-order valence-electron chi connectivity index (χ0n) is 18.3. The van der Waals surface area contributed by atoms with Gasteiger partial charge in [-0.05, 0) is 56.9 Å². The number of hydrogen-bond donors (Lipinski definition) is 0. The summed E-state index contributed by atoms with van der Waals surface area (Å²) in [5.74, 6) is -0.174. The van der Waals surface area contributed by atoms with Gasteiger partial charge in [0, 0.05) is 31.5 Å². The Labute approximate surface area is 179 Å². The molecule has 1 aliphatic rings. The SMILES string of the molecule is C=CCN(CC(=O)N(Cc1cccn1C)C1CC1)S(=O)(=O)c1c(C)cc(C)cc1C. The molecule has 6 nitrogen and oxygen atoms in total. The lowest BCUT2D eigenvalue weighted by atomic mass is 10.1. The molecule has 0 N–H and O–H groups in total. The van der Waals surface area contributed by atoms with Crippen molar-refractivity contribution in [1.82, 2.24) is 13.8 Å². The van der Waals surface area contributed by atoms with Gasteiger partial charge < -0.3 is 9.47 Å². The van der Waals surface area contributed by atoms with Gasteiger partial charge in [-0.15, -0.1) is 6.58 Å². The van der Waals surface area contributed by atoms with Crippen LogP contribution in [-0.2, 0) is 28.4 Å². The van der Waals surface area contributed by atoms with E-state index in [1.807, 2.05) is 53.9 Å². The normalized spacial score (nSPS) is 14.2. The molecule has 1 amide bonds. The van der Waals surface area contributed by atoms with E-state index in [9.17, 15) is 13.2 Å². The maximum Gasteiger partial charge on any atom is 0.244 e. The van der Waals surface area contributed by atoms with E-state index in [1.165, 1.54) is 10.4 Å². The van der Waals surface area contributed by atoms with E-state index in [-0.39, 0.29) is 29.9 Å². The number of nitrogens with zero attached hydrogens (tertiary/aromatic N) is 3. The Hall–Kier alpha value is -2.38. The molecule has 3 rings (SSSR count). The van der Waals surface area contributed by atoms with Gasteiger partial charge in [0.05, 0.1) is 18.0 Å². The summed E-state index contributed by atoms with van der Waals surface area (Å²) in [4.78, 5) is 15.3. The first-order valence-electron chi connectivity index (χ1n) is 10.2. The Morgan fingerprint density at radius 2 is 1.87 bits per heavy atom. The highest BCUT2D eigenvalue weighted by molar-refractivity contribution is 7.89. The number of aromatic nitrogens is 1. The fourth-order valence-electron chi connectivity index (χ4n) is 3.98. The Balaban J connectivity index is 1.88. The molecule has 0 atom stereocenters. The number of aryl methyl sites for hydroxylation is 4. The lowest BCUT2D eigenvalue weighted by molar-refractivity contribution is -0.132. The van der Waals surface area contributed by atoms with Gasteiger partial charge in [0.2, 0.25) is 15.9 Å². The maximum atomic E-state index is 13.5. The van der Waals surface area contributed by atoms with E-state index in [2.05, 4.69) is 6.58 Å². The van der Waals surface area contributed by atoms with Crippen LogP contribution in [0, 0.1) is 20.8 Å². The molecule has 2 aromatic rings. The number of carbonyl (C=O) groups excluding carboxylic acids is 1. The molecule has 0 spiro atoms. The highest BCUT2D eigenvalue weighted by Crippen LogP contribution is 2.30. The molecule has 0 radical (unpaired) electrons. The van der Waals surface area contributed by atoms with Crippen LogP contribution in [-0.4, -0.2) is 47.2 Å². The number of benzene rings is 1. The molecule has 30 heavy (non-hydrogen) atoms. The molecule has 0 aliphatic heterocycles. The van der Waals surface area contributed by atoms with Crippen LogP contribution in [0.3, 0.4) is 0 Å². The summed E-state index contributed by atoms with van der Waals surface area (Å²) in [7, 11) is -1.89. The Bertz CT molecular complexity index is 1030. The van der Waals surface area contributed by atoms with Crippen molar-refractivity contribution in [1.29, 1.82) is 0 Å². The fourth-order valence-corrected chi connectivity index (χ4v) is 5.75. The highest BCUT2D eigenvalue weighted by Gasteiger charge is 2.36. The first-order valence-corrected chi connectivity index (χ1v) is 11.7. The number of rotatable bonds is 9. The van der Waals surface area contributed by atoms with Crippen molar-refractivity contribution in [3.63, 3.8) is 0 Å². The van der Waals surface area contributed by atoms with E-state index in [0.29, 0.717) is 17.7 Å². The molecule has 1 heterocycles. The second kappa shape index (κ2) is 8.78. The summed E-state index contributed by atoms with van der Waals surface area (Å²) in [6.45, 7) is 9.62. The Morgan fingerprint density at radius 3 is 2.37 bits per heavy atom. The molecular weight excluding hydrogens is 398 g/mol. The van der Waals surface area contributed by atoms with Crippen LogP contribution in [0.4, 0.5) is 0 Å². The maximum absolute atomic E-state index is 13.5. The van der Waals surface area contributed by atoms with Crippen molar-refractivity contribution in [2.24, 2.45) is 7.05 Å². The first kappa shape index (κ1) is 22.3. The van der Waals surface area contributed by atoms with Crippen molar-refractivity contribution in [2.45, 2.75) is 51.1 Å². The van der Waals surface area contributed by atoms with Crippen molar-refractivity contribution >= 4 is 15.9 Å². The van der Waals surface area contributed by atoms with Gasteiger partial charge in [-0.3, -0.25) is 4.79 Å². The van der Waals surface area contributed by atoms with Crippen LogP contribution >= 0.6 is 0 Å². The van der Waals surface area contributed by atoms with Gasteiger partial charge in [-0.2, -0.15) is 4.31 Å². The largest absolute Gasteiger partial charge is 0.353 e. The molecule has 1 aliphatic carbocycles. The minimum Gasteiger partial charge on any atom is -0.353 e. The molecule has 1 saturated carbocycles. The van der Waals surface area contributed by atoms with Gasteiger partial charge >= 0.3 is 0 Å². The predicted molar refractivity (Wildman–Crippen MR) is 119 cm³/mol. The van der Waals surface area contributed by atoms with Gasteiger partial charge in [0.15, 0.2) is 0 Å². The Morgan fingerprint density at radius 1 is 1.23 bits per heavy atom. The third kappa shape index (κ3) is 4.68. The van der Waals surface area contributed by atoms with E-state index in [0.717, 1.165) is 24.1 Å². The predicted octanol–water partition coefficient (Wildman–Crippen LogP) is 3.32. The molecule has 0 unspecified atom stereocenters. The third-order valence-electron chi connectivity index (χ3n) is 5.54. The molecule has 162 valence electrons. The first-order chi connectivity index (χ1) is 14.1. The smallest absolute Gasteiger partial charge is 0.244 e. The quantitative estimate of drug-likeness (QED) is 0.575. The van der Waals surface area contributed by atoms with Gasteiger partial charge in [-0.1, -0.05) is 23.8 Å². The monoisotopic (exact) mass is 429 g/mol. The average molecular weight is 430 g/mol. The lowest BCUT2D eigenvalue weighted by Gasteiger charge is -2.28. The molecule has 1 aromatic heterocycles. The van der Waals surface area contributed by atoms with Crippen molar-refractivity contribution in [3.8, 4) is 0 Å². The van der Waals surface area contributed by atoms with Crippen LogP contribution in [0.15, 0.2) is 48.0 Å². The summed E-state index contributed by atoms with van der Waals surface area (Å²) >= 11 is 0. The zero-order valence-corrected chi connectivity index (χ0v) is 19.1. The zero-order chi connectivity index (χ0) is 22.1. The number of amides is 1. The summed E-state index contributed by atoms with van der Waals surface area (Å²) in [6, 6.07) is 7.84. The van der Waals surface area contributed by atoms with E-state index in [4.69, 9.17) is 0 Å². The second-order valence-corrected chi connectivity index (χ2v) is 10.1. The molecular formula is C23H31N3O3S. The fraction of sp³-hybridized carbons (Fsp3) is 0.435. The van der Waals surface area contributed by atoms with Crippen molar-refractivity contribution < 1.29 is 13.2 Å². The molecule has 7 heteroatoms. The van der Waals surface area contributed by atoms with Crippen molar-refractivity contribution in [3.05, 3.63) is 65.5 Å². The van der Waals surface area contributed by atoms with E-state index < -0.39 is 10.0 Å². The minimum atomic E-state index is -3.84. The van der Waals surface area contributed by atoms with Crippen LogP contribution in [0.25, 0.3) is 0 Å². The van der Waals surface area contributed by atoms with Gasteiger partial charge in [0.25, 0.3) is 0 Å². The highest BCUT2D eigenvalue weighted by atomic mass is 32.2. The number of carbonyl (C=O) groups is 1. The lowest BCUT2D eigenvalue weighted by Crippen LogP contribution is -2.44. The van der Waals surface area contributed by atoms with Crippen molar-refractivity contribution in [2.75, 3.05) is 13.1 Å². The molecule has 0 saturated heterocycles. The van der Waals surface area contributed by atoms with Crippen LogP contribution in [0.1, 0.15) is 35.2 Å². The number of sulfonamides is 1. The van der Waals surface area contributed by atoms with Crippen LogP contribution in [0.2, 0.25) is 0 Å². The average Bonchev–Trinajstić information content (AvgIpc) is 3.40. The minimum absolute atomic E-state index is 0.0868. The molecule has 1 aromatic carbocycles. The van der Waals surface area contributed by atoms with Crippen LogP contribution in [0.5, 0.6) is 0 Å². The van der Waals surface area contributed by atoms with E-state index in [1.54, 1.807) is 13.8 Å². The van der Waals surface area contributed by atoms with Crippen LogP contribution < -0.4 is 0 Å². The van der Waals surface area contributed by atoms with E-state index >= 15 is 0 Å². The topological polar surface area (TPSA) is 62.6 Å². The summed E-state index contributed by atoms with van der Waals surface area (Å²) in [5, 5.41) is 0. The van der Waals surface area contributed by atoms with Gasteiger partial charge in [0.1, 0.15) is 0 Å².